The first-order chi connectivity index (χ1) is 15.7. The zero-order valence-electron chi connectivity index (χ0n) is 18.5. The van der Waals surface area contributed by atoms with E-state index in [1.165, 1.54) is 36.9 Å². The molecule has 1 aromatic carbocycles. The topological polar surface area (TPSA) is 140 Å². The van der Waals surface area contributed by atoms with E-state index >= 15 is 0 Å². The summed E-state index contributed by atoms with van der Waals surface area (Å²) in [4.78, 5) is 49.4. The second-order valence-corrected chi connectivity index (χ2v) is 7.86. The van der Waals surface area contributed by atoms with Gasteiger partial charge in [-0.1, -0.05) is 12.1 Å². The van der Waals surface area contributed by atoms with Crippen LogP contribution in [0.1, 0.15) is 38.2 Å². The Hall–Kier alpha value is -3.73. The molecule has 1 N–H and O–H groups in total. The van der Waals surface area contributed by atoms with Crippen LogP contribution in [0.2, 0.25) is 0 Å². The van der Waals surface area contributed by atoms with Crippen molar-refractivity contribution in [2.45, 2.75) is 38.7 Å². The van der Waals surface area contributed by atoms with Crippen molar-refractivity contribution in [3.05, 3.63) is 62.5 Å². The zero-order chi connectivity index (χ0) is 24.3. The van der Waals surface area contributed by atoms with Gasteiger partial charge >= 0.3 is 11.9 Å². The fourth-order valence-electron chi connectivity index (χ4n) is 4.21. The number of nitrogens with zero attached hydrogens (tertiary/aromatic N) is 3. The van der Waals surface area contributed by atoms with Gasteiger partial charge in [0.25, 0.3) is 5.69 Å². The molecule has 1 amide bonds. The lowest BCUT2D eigenvalue weighted by Crippen LogP contribution is -2.41. The van der Waals surface area contributed by atoms with Crippen molar-refractivity contribution in [3.8, 4) is 0 Å². The Morgan fingerprint density at radius 3 is 2.48 bits per heavy atom. The van der Waals surface area contributed by atoms with Gasteiger partial charge in [0.2, 0.25) is 6.41 Å². The van der Waals surface area contributed by atoms with Crippen LogP contribution in [0.4, 0.5) is 5.69 Å². The Morgan fingerprint density at radius 2 is 1.88 bits per heavy atom. The van der Waals surface area contributed by atoms with E-state index in [1.807, 2.05) is 0 Å². The second kappa shape index (κ2) is 9.82. The first-order valence-electron chi connectivity index (χ1n) is 10.3. The molecule has 0 aromatic heterocycles. The Balaban J connectivity index is 2.09. The molecule has 0 bridgehead atoms. The first kappa shape index (κ1) is 23.9. The summed E-state index contributed by atoms with van der Waals surface area (Å²) < 4.78 is 10.6. The minimum atomic E-state index is -1.07. The Bertz CT molecular complexity index is 1050. The number of piperidine rings is 1. The van der Waals surface area contributed by atoms with Crippen molar-refractivity contribution < 1.29 is 34.0 Å². The standard InChI is InChI=1S/C22H25N3O8/c1-13-18(21(27)32-3)20(15-6-4-7-16(10-15)25(30)31)19(14(2)24(13)29)22(28)33-17-8-5-9-23(11-17)12-26/h4,6-7,10,12,17,20,29H,5,8-9,11H2,1-3H3. The number of non-ortho nitro benzene ring substituents is 1. The molecule has 2 unspecified atom stereocenters. The van der Waals surface area contributed by atoms with Crippen molar-refractivity contribution in [2.75, 3.05) is 20.2 Å². The molecular formula is C22H25N3O8. The van der Waals surface area contributed by atoms with E-state index in [0.717, 1.165) is 7.11 Å². The van der Waals surface area contributed by atoms with Crippen molar-refractivity contribution >= 4 is 24.0 Å². The number of ether oxygens (including phenoxy) is 2. The van der Waals surface area contributed by atoms with Crippen molar-refractivity contribution in [1.29, 1.82) is 0 Å². The van der Waals surface area contributed by atoms with Crippen molar-refractivity contribution in [3.63, 3.8) is 0 Å². The number of hydrogen-bond donors (Lipinski definition) is 1. The minimum Gasteiger partial charge on any atom is -0.466 e. The number of likely N-dealkylation sites (tertiary alicyclic amines) is 1. The monoisotopic (exact) mass is 459 g/mol. The number of carbonyl (C=O) groups is 3. The molecule has 0 spiro atoms. The van der Waals surface area contributed by atoms with Crippen molar-refractivity contribution in [2.24, 2.45) is 0 Å². The predicted octanol–water partition coefficient (Wildman–Crippen LogP) is 2.27. The Morgan fingerprint density at radius 1 is 1.21 bits per heavy atom. The summed E-state index contributed by atoms with van der Waals surface area (Å²) in [6, 6.07) is 5.56. The summed E-state index contributed by atoms with van der Waals surface area (Å²) in [5, 5.41) is 22.7. The highest BCUT2D eigenvalue weighted by Crippen LogP contribution is 2.43. The molecule has 176 valence electrons. The maximum absolute atomic E-state index is 13.3. The number of carbonyl (C=O) groups excluding carboxylic acids is 3. The molecule has 0 aliphatic carbocycles. The SMILES string of the molecule is COC(=O)C1=C(C)N(O)C(C)=C(C(=O)OC2CCCN(C=O)C2)C1c1cccc([N+](=O)[O-])c1. The lowest BCUT2D eigenvalue weighted by molar-refractivity contribution is -0.384. The van der Waals surface area contributed by atoms with Crippen LogP contribution in [0.5, 0.6) is 0 Å². The summed E-state index contributed by atoms with van der Waals surface area (Å²) in [7, 11) is 1.16. The smallest absolute Gasteiger partial charge is 0.337 e. The number of allylic oxidation sites excluding steroid dienone is 2. The van der Waals surface area contributed by atoms with Gasteiger partial charge in [-0.2, -0.15) is 0 Å². The quantitative estimate of drug-likeness (QED) is 0.294. The third-order valence-corrected chi connectivity index (χ3v) is 5.86. The molecule has 0 radical (unpaired) electrons. The van der Waals surface area contributed by atoms with E-state index in [4.69, 9.17) is 9.47 Å². The van der Waals surface area contributed by atoms with Crippen LogP contribution in [0.25, 0.3) is 0 Å². The summed E-state index contributed by atoms with van der Waals surface area (Å²) in [6.45, 7) is 3.75. The highest BCUT2D eigenvalue weighted by molar-refractivity contribution is 5.99. The summed E-state index contributed by atoms with van der Waals surface area (Å²) in [5.41, 5.74) is 0.215. The molecule has 2 aliphatic rings. The van der Waals surface area contributed by atoms with E-state index in [-0.39, 0.29) is 34.8 Å². The van der Waals surface area contributed by atoms with Gasteiger partial charge in [0.15, 0.2) is 0 Å². The highest BCUT2D eigenvalue weighted by atomic mass is 16.6. The second-order valence-electron chi connectivity index (χ2n) is 7.86. The van der Waals surface area contributed by atoms with E-state index in [9.17, 15) is 29.7 Å². The zero-order valence-corrected chi connectivity index (χ0v) is 18.5. The fraction of sp³-hybridized carbons (Fsp3) is 0.409. The number of esters is 2. The Kier molecular flexibility index (Phi) is 7.12. The van der Waals surface area contributed by atoms with Crippen LogP contribution in [0.15, 0.2) is 46.8 Å². The number of rotatable bonds is 6. The molecule has 2 aliphatic heterocycles. The number of nitro benzene ring substituents is 1. The van der Waals surface area contributed by atoms with Gasteiger partial charge in [-0.05, 0) is 32.3 Å². The number of amides is 1. The van der Waals surface area contributed by atoms with Gasteiger partial charge < -0.3 is 14.4 Å². The molecule has 33 heavy (non-hydrogen) atoms. The first-order valence-corrected chi connectivity index (χ1v) is 10.3. The largest absolute Gasteiger partial charge is 0.466 e. The van der Waals surface area contributed by atoms with E-state index < -0.39 is 28.9 Å². The average molecular weight is 459 g/mol. The number of nitro groups is 1. The van der Waals surface area contributed by atoms with Gasteiger partial charge in [0.05, 0.1) is 47.0 Å². The molecule has 11 nitrogen and oxygen atoms in total. The average Bonchev–Trinajstić information content (AvgIpc) is 2.81. The molecule has 2 atom stereocenters. The van der Waals surface area contributed by atoms with Crippen molar-refractivity contribution in [1.82, 2.24) is 9.96 Å². The number of benzene rings is 1. The van der Waals surface area contributed by atoms with Gasteiger partial charge in [-0.15, -0.1) is 0 Å². The number of methoxy groups -OCH3 is 1. The van der Waals surface area contributed by atoms with Gasteiger partial charge in [-0.3, -0.25) is 20.1 Å². The van der Waals surface area contributed by atoms with E-state index in [0.29, 0.717) is 36.4 Å². The molecule has 3 rings (SSSR count). The minimum absolute atomic E-state index is 0.0452. The summed E-state index contributed by atoms with van der Waals surface area (Å²) >= 11 is 0. The molecule has 1 saturated heterocycles. The molecular weight excluding hydrogens is 434 g/mol. The van der Waals surface area contributed by atoms with Crippen LogP contribution >= 0.6 is 0 Å². The summed E-state index contributed by atoms with van der Waals surface area (Å²) in [6.07, 6.45) is 1.32. The van der Waals surface area contributed by atoms with Crippen LogP contribution in [0.3, 0.4) is 0 Å². The molecule has 1 fully saturated rings. The van der Waals surface area contributed by atoms with Crippen LogP contribution in [-0.2, 0) is 23.9 Å². The lowest BCUT2D eigenvalue weighted by Gasteiger charge is -2.35. The normalized spacial score (nSPS) is 21.1. The predicted molar refractivity (Wildman–Crippen MR) is 114 cm³/mol. The molecule has 1 aromatic rings. The molecule has 2 heterocycles. The van der Waals surface area contributed by atoms with E-state index in [1.54, 1.807) is 6.07 Å². The lowest BCUT2D eigenvalue weighted by atomic mass is 9.80. The van der Waals surface area contributed by atoms with Gasteiger partial charge in [0, 0.05) is 18.7 Å². The maximum atomic E-state index is 13.3. The third kappa shape index (κ3) is 4.72. The maximum Gasteiger partial charge on any atom is 0.337 e. The molecule has 11 heteroatoms. The number of hydroxylamine groups is 2. The number of hydrogen-bond acceptors (Lipinski definition) is 9. The van der Waals surface area contributed by atoms with Crippen LogP contribution in [0, 0.1) is 10.1 Å². The summed E-state index contributed by atoms with van der Waals surface area (Å²) in [5.74, 6) is -2.67. The van der Waals surface area contributed by atoms with Crippen LogP contribution in [-0.4, -0.2) is 64.7 Å². The van der Waals surface area contributed by atoms with Gasteiger partial charge in [-0.25, -0.2) is 14.7 Å². The Labute approximate surface area is 190 Å². The van der Waals surface area contributed by atoms with Crippen LogP contribution < -0.4 is 0 Å². The highest BCUT2D eigenvalue weighted by Gasteiger charge is 2.41. The third-order valence-electron chi connectivity index (χ3n) is 5.86. The van der Waals surface area contributed by atoms with Gasteiger partial charge in [0.1, 0.15) is 6.10 Å². The fourth-order valence-corrected chi connectivity index (χ4v) is 4.21. The van der Waals surface area contributed by atoms with E-state index in [2.05, 4.69) is 0 Å². The molecule has 0 saturated carbocycles.